The SMILES string of the molecule is CC(C)CC(N)C(O)c1cc(F)cc(F)c1. The molecule has 16 heavy (non-hydrogen) atoms. The van der Waals surface area contributed by atoms with Gasteiger partial charge in [0.1, 0.15) is 11.6 Å². The third-order valence-corrected chi connectivity index (χ3v) is 2.38. The number of rotatable bonds is 4. The highest BCUT2D eigenvalue weighted by Gasteiger charge is 2.19. The molecule has 1 aromatic carbocycles. The number of aliphatic hydroxyl groups excluding tert-OH is 1. The quantitative estimate of drug-likeness (QED) is 0.832. The third-order valence-electron chi connectivity index (χ3n) is 2.38. The minimum Gasteiger partial charge on any atom is -0.387 e. The fourth-order valence-electron chi connectivity index (χ4n) is 1.67. The molecule has 0 saturated heterocycles. The van der Waals surface area contributed by atoms with Crippen molar-refractivity contribution in [3.63, 3.8) is 0 Å². The first kappa shape index (κ1) is 13.1. The number of nitrogens with two attached hydrogens (primary N) is 1. The molecule has 90 valence electrons. The van der Waals surface area contributed by atoms with Crippen LogP contribution in [0.4, 0.5) is 8.78 Å². The fraction of sp³-hybridized carbons (Fsp3) is 0.500. The van der Waals surface area contributed by atoms with Gasteiger partial charge in [-0.25, -0.2) is 8.78 Å². The van der Waals surface area contributed by atoms with E-state index in [1.54, 1.807) is 0 Å². The van der Waals surface area contributed by atoms with E-state index < -0.39 is 23.8 Å². The van der Waals surface area contributed by atoms with Crippen LogP contribution in [0.2, 0.25) is 0 Å². The summed E-state index contributed by atoms with van der Waals surface area (Å²) in [6.45, 7) is 3.94. The fourth-order valence-corrected chi connectivity index (χ4v) is 1.67. The van der Waals surface area contributed by atoms with Crippen LogP contribution in [-0.2, 0) is 0 Å². The zero-order valence-corrected chi connectivity index (χ0v) is 9.45. The topological polar surface area (TPSA) is 46.2 Å². The maximum Gasteiger partial charge on any atom is 0.126 e. The van der Waals surface area contributed by atoms with Crippen LogP contribution in [0.3, 0.4) is 0 Å². The van der Waals surface area contributed by atoms with E-state index in [-0.39, 0.29) is 5.56 Å². The largest absolute Gasteiger partial charge is 0.387 e. The Bertz CT molecular complexity index is 335. The lowest BCUT2D eigenvalue weighted by atomic mass is 9.95. The Morgan fingerprint density at radius 1 is 1.19 bits per heavy atom. The van der Waals surface area contributed by atoms with Crippen molar-refractivity contribution in [3.05, 3.63) is 35.4 Å². The molecule has 0 aromatic heterocycles. The van der Waals surface area contributed by atoms with Crippen molar-refractivity contribution in [1.29, 1.82) is 0 Å². The molecular weight excluding hydrogens is 212 g/mol. The second-order valence-corrected chi connectivity index (χ2v) is 4.44. The van der Waals surface area contributed by atoms with E-state index in [1.807, 2.05) is 13.8 Å². The second-order valence-electron chi connectivity index (χ2n) is 4.44. The van der Waals surface area contributed by atoms with Crippen molar-refractivity contribution in [2.24, 2.45) is 11.7 Å². The van der Waals surface area contributed by atoms with Gasteiger partial charge in [-0.1, -0.05) is 13.8 Å². The molecule has 0 aliphatic heterocycles. The molecule has 0 heterocycles. The van der Waals surface area contributed by atoms with Crippen LogP contribution in [0.25, 0.3) is 0 Å². The van der Waals surface area contributed by atoms with Gasteiger partial charge in [0, 0.05) is 12.1 Å². The van der Waals surface area contributed by atoms with Gasteiger partial charge in [-0.15, -0.1) is 0 Å². The van der Waals surface area contributed by atoms with Gasteiger partial charge in [0.2, 0.25) is 0 Å². The van der Waals surface area contributed by atoms with E-state index in [4.69, 9.17) is 5.73 Å². The molecule has 0 aliphatic carbocycles. The maximum atomic E-state index is 12.9. The van der Waals surface area contributed by atoms with Crippen molar-refractivity contribution < 1.29 is 13.9 Å². The number of aliphatic hydroxyl groups is 1. The molecule has 0 radical (unpaired) electrons. The molecule has 3 N–H and O–H groups in total. The lowest BCUT2D eigenvalue weighted by Crippen LogP contribution is -2.30. The molecule has 0 saturated carbocycles. The van der Waals surface area contributed by atoms with Crippen molar-refractivity contribution in [3.8, 4) is 0 Å². The summed E-state index contributed by atoms with van der Waals surface area (Å²) in [7, 11) is 0. The van der Waals surface area contributed by atoms with Crippen molar-refractivity contribution >= 4 is 0 Å². The normalized spacial score (nSPS) is 15.2. The molecule has 1 aromatic rings. The highest BCUT2D eigenvalue weighted by atomic mass is 19.1. The van der Waals surface area contributed by atoms with Gasteiger partial charge in [0.25, 0.3) is 0 Å². The Kier molecular flexibility index (Phi) is 4.38. The summed E-state index contributed by atoms with van der Waals surface area (Å²) >= 11 is 0. The van der Waals surface area contributed by atoms with E-state index >= 15 is 0 Å². The zero-order valence-electron chi connectivity index (χ0n) is 9.45. The minimum absolute atomic E-state index is 0.186. The summed E-state index contributed by atoms with van der Waals surface area (Å²) in [4.78, 5) is 0. The Morgan fingerprint density at radius 2 is 1.69 bits per heavy atom. The van der Waals surface area contributed by atoms with Gasteiger partial charge >= 0.3 is 0 Å². The predicted molar refractivity (Wildman–Crippen MR) is 58.7 cm³/mol. The average molecular weight is 229 g/mol. The molecular formula is C12H17F2NO. The van der Waals surface area contributed by atoms with Crippen LogP contribution >= 0.6 is 0 Å². The number of halogens is 2. The summed E-state index contributed by atoms with van der Waals surface area (Å²) in [5.41, 5.74) is 5.94. The van der Waals surface area contributed by atoms with Crippen LogP contribution in [0.15, 0.2) is 18.2 Å². The first-order valence-corrected chi connectivity index (χ1v) is 5.29. The van der Waals surface area contributed by atoms with Crippen molar-refractivity contribution in [2.45, 2.75) is 32.4 Å². The molecule has 2 unspecified atom stereocenters. The third kappa shape index (κ3) is 3.54. The molecule has 0 bridgehead atoms. The van der Waals surface area contributed by atoms with Gasteiger partial charge in [0.15, 0.2) is 0 Å². The second kappa shape index (κ2) is 5.37. The molecule has 0 amide bonds. The van der Waals surface area contributed by atoms with Crippen molar-refractivity contribution in [2.75, 3.05) is 0 Å². The van der Waals surface area contributed by atoms with Crippen LogP contribution in [0.5, 0.6) is 0 Å². The molecule has 2 nitrogen and oxygen atoms in total. The summed E-state index contributed by atoms with van der Waals surface area (Å²) in [5.74, 6) is -1.08. The highest BCUT2D eigenvalue weighted by Crippen LogP contribution is 2.21. The minimum atomic E-state index is -1.03. The first-order valence-electron chi connectivity index (χ1n) is 5.29. The molecule has 1 rings (SSSR count). The zero-order chi connectivity index (χ0) is 12.3. The number of hydrogen-bond donors (Lipinski definition) is 2. The Morgan fingerprint density at radius 3 is 2.12 bits per heavy atom. The van der Waals surface area contributed by atoms with E-state index in [2.05, 4.69) is 0 Å². The predicted octanol–water partition coefficient (Wildman–Crippen LogP) is 2.37. The molecule has 0 spiro atoms. The van der Waals surface area contributed by atoms with Gasteiger partial charge < -0.3 is 10.8 Å². The first-order chi connectivity index (χ1) is 7.40. The number of benzene rings is 1. The Balaban J connectivity index is 2.82. The van der Waals surface area contributed by atoms with E-state index in [1.165, 1.54) is 0 Å². The van der Waals surface area contributed by atoms with E-state index in [0.29, 0.717) is 12.3 Å². The van der Waals surface area contributed by atoms with Gasteiger partial charge in [-0.05, 0) is 30.0 Å². The van der Waals surface area contributed by atoms with Gasteiger partial charge in [-0.2, -0.15) is 0 Å². The smallest absolute Gasteiger partial charge is 0.126 e. The standard InChI is InChI=1S/C12H17F2NO/c1-7(2)3-11(15)12(16)8-4-9(13)6-10(14)5-8/h4-7,11-12,16H,3,15H2,1-2H3. The summed E-state index contributed by atoms with van der Waals surface area (Å²) in [6.07, 6.45) is -0.438. The van der Waals surface area contributed by atoms with Crippen LogP contribution < -0.4 is 5.73 Å². The summed E-state index contributed by atoms with van der Waals surface area (Å²) < 4.78 is 25.8. The van der Waals surface area contributed by atoms with E-state index in [0.717, 1.165) is 18.2 Å². The average Bonchev–Trinajstić information content (AvgIpc) is 2.13. The molecule has 2 atom stereocenters. The molecule has 4 heteroatoms. The van der Waals surface area contributed by atoms with Gasteiger partial charge in [0.05, 0.1) is 6.10 Å². The summed E-state index contributed by atoms with van der Waals surface area (Å²) in [6, 6.07) is 2.47. The van der Waals surface area contributed by atoms with Crippen LogP contribution in [-0.4, -0.2) is 11.1 Å². The van der Waals surface area contributed by atoms with E-state index in [9.17, 15) is 13.9 Å². The van der Waals surface area contributed by atoms with Crippen molar-refractivity contribution in [1.82, 2.24) is 0 Å². The Hall–Kier alpha value is -1.00. The highest BCUT2D eigenvalue weighted by molar-refractivity contribution is 5.21. The molecule has 0 aliphatic rings. The lowest BCUT2D eigenvalue weighted by molar-refractivity contribution is 0.135. The summed E-state index contributed by atoms with van der Waals surface area (Å²) in [5, 5.41) is 9.83. The van der Waals surface area contributed by atoms with Crippen LogP contribution in [0, 0.1) is 17.6 Å². The maximum absolute atomic E-state index is 12.9. The molecule has 0 fully saturated rings. The number of hydrogen-bond acceptors (Lipinski definition) is 2. The van der Waals surface area contributed by atoms with Crippen LogP contribution in [0.1, 0.15) is 31.9 Å². The lowest BCUT2D eigenvalue weighted by Gasteiger charge is -2.20. The van der Waals surface area contributed by atoms with Gasteiger partial charge in [-0.3, -0.25) is 0 Å². The Labute approximate surface area is 94.1 Å². The monoisotopic (exact) mass is 229 g/mol.